The molecule has 0 radical (unpaired) electrons. The molecule has 4 aromatic carbocycles. The summed E-state index contributed by atoms with van der Waals surface area (Å²) in [6, 6.07) is 29.2. The second kappa shape index (κ2) is 6.20. The SMILES string of the molecule is Cc1cc2c3c(c1)nc1n3-c3c(cc(-c4ccccc4)cc3C2C)C(C)c2cccc-1c2. The quantitative estimate of drug-likeness (QED) is 0.277. The van der Waals surface area contributed by atoms with Gasteiger partial charge in [0.2, 0.25) is 0 Å². The molecule has 7 rings (SSSR count). The van der Waals surface area contributed by atoms with Crippen molar-refractivity contribution in [1.82, 2.24) is 9.55 Å². The van der Waals surface area contributed by atoms with Gasteiger partial charge in [0.15, 0.2) is 0 Å². The van der Waals surface area contributed by atoms with E-state index in [1.54, 1.807) is 0 Å². The van der Waals surface area contributed by atoms with Crippen LogP contribution in [0.3, 0.4) is 0 Å². The molecule has 2 aliphatic heterocycles. The molecule has 2 unspecified atom stereocenters. The molecule has 2 heteroatoms. The number of hydrogen-bond donors (Lipinski definition) is 0. The summed E-state index contributed by atoms with van der Waals surface area (Å²) in [6.45, 7) is 6.89. The zero-order valence-electron chi connectivity index (χ0n) is 18.6. The van der Waals surface area contributed by atoms with Crippen LogP contribution in [0.25, 0.3) is 39.2 Å². The Morgan fingerprint density at radius 3 is 2.25 bits per heavy atom. The van der Waals surface area contributed by atoms with Crippen molar-refractivity contribution in [2.75, 3.05) is 0 Å². The standard InChI is InChI=1S/C30H24N2/c1-17-12-24-19(3)26-16-23(20-8-5-4-6-9-20)15-25-18(2)21-10-7-11-22(14-21)30-31-27(13-17)29(24)32(30)28(25)26/h4-16,18-19H,1-3H3. The average Bonchev–Trinajstić information content (AvgIpc) is 3.20. The molecule has 2 atom stereocenters. The van der Waals surface area contributed by atoms with Crippen molar-refractivity contribution >= 4 is 11.0 Å². The minimum atomic E-state index is 0.303. The molecule has 0 spiro atoms. The van der Waals surface area contributed by atoms with Crippen LogP contribution in [0.1, 0.15) is 53.5 Å². The van der Waals surface area contributed by atoms with Crippen LogP contribution in [0.2, 0.25) is 0 Å². The van der Waals surface area contributed by atoms with Gasteiger partial charge < -0.3 is 0 Å². The lowest BCUT2D eigenvalue weighted by Crippen LogP contribution is -2.18. The molecule has 32 heavy (non-hydrogen) atoms. The lowest BCUT2D eigenvalue weighted by molar-refractivity contribution is 0.830. The van der Waals surface area contributed by atoms with Crippen LogP contribution in [-0.2, 0) is 0 Å². The van der Waals surface area contributed by atoms with E-state index >= 15 is 0 Å². The zero-order chi connectivity index (χ0) is 21.6. The van der Waals surface area contributed by atoms with Crippen LogP contribution in [0.15, 0.2) is 78.9 Å². The number of fused-ring (bicyclic) bond motifs is 3. The number of nitrogens with zero attached hydrogens (tertiary/aromatic N) is 2. The second-order valence-corrected chi connectivity index (χ2v) is 9.43. The van der Waals surface area contributed by atoms with Crippen LogP contribution in [0.4, 0.5) is 0 Å². The fourth-order valence-corrected chi connectivity index (χ4v) is 5.82. The van der Waals surface area contributed by atoms with Crippen molar-refractivity contribution in [2.24, 2.45) is 0 Å². The molecule has 1 aromatic heterocycles. The Kier molecular flexibility index (Phi) is 3.48. The lowest BCUT2D eigenvalue weighted by atomic mass is 9.79. The maximum atomic E-state index is 5.19. The van der Waals surface area contributed by atoms with Crippen LogP contribution < -0.4 is 0 Å². The Labute approximate surface area is 188 Å². The Balaban J connectivity index is 1.68. The van der Waals surface area contributed by atoms with E-state index in [2.05, 4.69) is 104 Å². The molecule has 5 aromatic rings. The molecule has 154 valence electrons. The van der Waals surface area contributed by atoms with E-state index in [4.69, 9.17) is 4.98 Å². The molecule has 2 aliphatic rings. The summed E-state index contributed by atoms with van der Waals surface area (Å²) in [7, 11) is 0. The predicted molar refractivity (Wildman–Crippen MR) is 132 cm³/mol. The van der Waals surface area contributed by atoms with Gasteiger partial charge in [-0.3, -0.25) is 4.57 Å². The second-order valence-electron chi connectivity index (χ2n) is 9.43. The number of benzene rings is 4. The Morgan fingerprint density at radius 1 is 0.688 bits per heavy atom. The number of aromatic nitrogens is 2. The highest BCUT2D eigenvalue weighted by Crippen LogP contribution is 2.49. The molecule has 0 saturated heterocycles. The summed E-state index contributed by atoms with van der Waals surface area (Å²) in [5.74, 6) is 1.68. The third-order valence-corrected chi connectivity index (χ3v) is 7.47. The van der Waals surface area contributed by atoms with Crippen molar-refractivity contribution in [2.45, 2.75) is 32.6 Å². The molecule has 0 N–H and O–H groups in total. The molecule has 2 nitrogen and oxygen atoms in total. The first kappa shape index (κ1) is 18.0. The Morgan fingerprint density at radius 2 is 1.44 bits per heavy atom. The molecule has 0 fully saturated rings. The highest BCUT2D eigenvalue weighted by Gasteiger charge is 2.33. The first-order valence-electron chi connectivity index (χ1n) is 11.5. The van der Waals surface area contributed by atoms with E-state index < -0.39 is 0 Å². The molecular formula is C30H24N2. The van der Waals surface area contributed by atoms with Gasteiger partial charge in [0.1, 0.15) is 5.82 Å². The van der Waals surface area contributed by atoms with Gasteiger partial charge in [0.25, 0.3) is 0 Å². The summed E-state index contributed by atoms with van der Waals surface area (Å²) in [5, 5.41) is 0. The van der Waals surface area contributed by atoms with Crippen molar-refractivity contribution in [3.8, 4) is 28.2 Å². The topological polar surface area (TPSA) is 17.8 Å². The number of rotatable bonds is 1. The zero-order valence-corrected chi connectivity index (χ0v) is 18.6. The lowest BCUT2D eigenvalue weighted by Gasteiger charge is -2.32. The number of aryl methyl sites for hydroxylation is 1. The summed E-state index contributed by atoms with van der Waals surface area (Å²) >= 11 is 0. The summed E-state index contributed by atoms with van der Waals surface area (Å²) in [6.07, 6.45) is 0. The van der Waals surface area contributed by atoms with Gasteiger partial charge in [0.05, 0.1) is 16.7 Å². The first-order chi connectivity index (χ1) is 15.6. The molecule has 2 bridgehead atoms. The third kappa shape index (κ3) is 2.27. The minimum Gasteiger partial charge on any atom is -0.291 e. The highest BCUT2D eigenvalue weighted by molar-refractivity contribution is 5.91. The maximum Gasteiger partial charge on any atom is 0.145 e. The monoisotopic (exact) mass is 412 g/mol. The minimum absolute atomic E-state index is 0.303. The summed E-state index contributed by atoms with van der Waals surface area (Å²) in [4.78, 5) is 5.19. The van der Waals surface area contributed by atoms with Crippen molar-refractivity contribution < 1.29 is 0 Å². The van der Waals surface area contributed by atoms with Gasteiger partial charge in [0, 0.05) is 17.4 Å². The van der Waals surface area contributed by atoms with E-state index in [0.717, 1.165) is 11.3 Å². The fraction of sp³-hybridized carbons (Fsp3) is 0.167. The smallest absolute Gasteiger partial charge is 0.145 e. The van der Waals surface area contributed by atoms with E-state index in [1.165, 1.54) is 55.7 Å². The largest absolute Gasteiger partial charge is 0.291 e. The Hall–Kier alpha value is -3.65. The van der Waals surface area contributed by atoms with Crippen LogP contribution in [0.5, 0.6) is 0 Å². The maximum absolute atomic E-state index is 5.19. The number of hydrogen-bond acceptors (Lipinski definition) is 1. The van der Waals surface area contributed by atoms with E-state index in [0.29, 0.717) is 11.8 Å². The number of imidazole rings is 1. The molecular weight excluding hydrogens is 388 g/mol. The summed E-state index contributed by atoms with van der Waals surface area (Å²) in [5.41, 5.74) is 14.3. The van der Waals surface area contributed by atoms with Gasteiger partial charge in [-0.25, -0.2) is 4.98 Å². The third-order valence-electron chi connectivity index (χ3n) is 7.47. The van der Waals surface area contributed by atoms with Crippen molar-refractivity contribution in [1.29, 1.82) is 0 Å². The first-order valence-corrected chi connectivity index (χ1v) is 11.5. The Bertz CT molecular complexity index is 1560. The molecule has 0 amide bonds. The van der Waals surface area contributed by atoms with E-state index in [9.17, 15) is 0 Å². The van der Waals surface area contributed by atoms with Gasteiger partial charge in [-0.1, -0.05) is 68.4 Å². The molecule has 0 saturated carbocycles. The van der Waals surface area contributed by atoms with E-state index in [-0.39, 0.29) is 0 Å². The van der Waals surface area contributed by atoms with Crippen molar-refractivity contribution in [3.05, 3.63) is 107 Å². The fourth-order valence-electron chi connectivity index (χ4n) is 5.82. The van der Waals surface area contributed by atoms with Crippen molar-refractivity contribution in [3.63, 3.8) is 0 Å². The predicted octanol–water partition coefficient (Wildman–Crippen LogP) is 7.60. The van der Waals surface area contributed by atoms with Crippen LogP contribution >= 0.6 is 0 Å². The van der Waals surface area contributed by atoms with Gasteiger partial charge >= 0.3 is 0 Å². The van der Waals surface area contributed by atoms with E-state index in [1.807, 2.05) is 0 Å². The van der Waals surface area contributed by atoms with Gasteiger partial charge in [-0.2, -0.15) is 0 Å². The van der Waals surface area contributed by atoms with Crippen LogP contribution in [-0.4, -0.2) is 9.55 Å². The molecule has 3 heterocycles. The van der Waals surface area contributed by atoms with Gasteiger partial charge in [-0.15, -0.1) is 0 Å². The highest BCUT2D eigenvalue weighted by atomic mass is 15.1. The van der Waals surface area contributed by atoms with Crippen LogP contribution in [0, 0.1) is 6.92 Å². The summed E-state index contributed by atoms with van der Waals surface area (Å²) < 4.78 is 2.46. The van der Waals surface area contributed by atoms with Gasteiger partial charge in [-0.05, 0) is 70.1 Å². The molecule has 0 aliphatic carbocycles. The normalized spacial score (nSPS) is 17.8. The average molecular weight is 413 g/mol.